The number of piperazine rings is 1. The zero-order valence-electron chi connectivity index (χ0n) is 17.1. The second-order valence-corrected chi connectivity index (χ2v) is 8.44. The minimum atomic E-state index is -0.0911. The monoisotopic (exact) mass is 357 g/mol. The van der Waals surface area contributed by atoms with Crippen LogP contribution in [0.15, 0.2) is 18.2 Å². The molecule has 6 nitrogen and oxygen atoms in total. The summed E-state index contributed by atoms with van der Waals surface area (Å²) in [6.07, 6.45) is 1.05. The minimum absolute atomic E-state index is 0.0911. The molecule has 26 heavy (non-hydrogen) atoms. The van der Waals surface area contributed by atoms with E-state index < -0.39 is 0 Å². The summed E-state index contributed by atoms with van der Waals surface area (Å²) in [5.41, 5.74) is 4.07. The van der Waals surface area contributed by atoms with E-state index in [0.717, 1.165) is 38.4 Å². The zero-order chi connectivity index (χ0) is 18.9. The first kappa shape index (κ1) is 18.8. The lowest BCUT2D eigenvalue weighted by Gasteiger charge is -2.38. The van der Waals surface area contributed by atoms with Crippen LogP contribution in [0.4, 0.5) is 5.69 Å². The molecule has 0 spiro atoms. The largest absolute Gasteiger partial charge is 0.360 e. The molecule has 2 aromatic rings. The average Bonchev–Trinajstić information content (AvgIpc) is 3.09. The van der Waals surface area contributed by atoms with Crippen LogP contribution < -0.4 is 9.80 Å². The lowest BCUT2D eigenvalue weighted by molar-refractivity contribution is -0.933. The molecule has 6 heteroatoms. The number of rotatable bonds is 4. The molecule has 1 atom stereocenters. The number of quaternary nitrogens is 1. The molecular weight excluding hydrogens is 324 g/mol. The van der Waals surface area contributed by atoms with Crippen LogP contribution in [0, 0.1) is 13.8 Å². The Labute approximate surface area is 157 Å². The third-order valence-corrected chi connectivity index (χ3v) is 5.66. The number of nitrogens with zero attached hydrogens (tertiary/aromatic N) is 5. The number of nitrogens with one attached hydrogen (secondary N) is 1. The van der Waals surface area contributed by atoms with Gasteiger partial charge < -0.3 is 9.80 Å². The molecule has 0 radical (unpaired) electrons. The fourth-order valence-electron chi connectivity index (χ4n) is 4.00. The second kappa shape index (κ2) is 7.35. The number of tetrazole rings is 1. The number of benzene rings is 1. The highest BCUT2D eigenvalue weighted by Crippen LogP contribution is 2.23. The van der Waals surface area contributed by atoms with E-state index in [1.807, 2.05) is 4.68 Å². The van der Waals surface area contributed by atoms with Crippen LogP contribution in [0.5, 0.6) is 0 Å². The maximum absolute atomic E-state index is 4.40. The zero-order valence-corrected chi connectivity index (χ0v) is 17.1. The summed E-state index contributed by atoms with van der Waals surface area (Å²) < 4.78 is 2.01. The summed E-state index contributed by atoms with van der Waals surface area (Å²) in [5.74, 6) is 1.02. The number of hydrogen-bond acceptors (Lipinski definition) is 4. The van der Waals surface area contributed by atoms with Gasteiger partial charge in [-0.05, 0) is 62.2 Å². The van der Waals surface area contributed by atoms with Crippen molar-refractivity contribution in [3.63, 3.8) is 0 Å². The van der Waals surface area contributed by atoms with Gasteiger partial charge in [-0.2, -0.15) is 0 Å². The maximum Gasteiger partial charge on any atom is 0.209 e. The maximum atomic E-state index is 4.40. The van der Waals surface area contributed by atoms with Gasteiger partial charge >= 0.3 is 0 Å². The molecule has 0 aliphatic carbocycles. The molecule has 1 fully saturated rings. The minimum Gasteiger partial charge on any atom is -0.360 e. The molecule has 142 valence electrons. The van der Waals surface area contributed by atoms with Crippen LogP contribution >= 0.6 is 0 Å². The Kier molecular flexibility index (Phi) is 5.32. The molecule has 1 aromatic heterocycles. The van der Waals surface area contributed by atoms with Gasteiger partial charge in [0.1, 0.15) is 6.04 Å². The second-order valence-electron chi connectivity index (χ2n) is 8.44. The third kappa shape index (κ3) is 3.61. The first-order valence-electron chi connectivity index (χ1n) is 9.77. The van der Waals surface area contributed by atoms with Crippen LogP contribution in [0.3, 0.4) is 0 Å². The summed E-state index contributed by atoms with van der Waals surface area (Å²) in [4.78, 5) is 4.13. The number of aryl methyl sites for hydroxylation is 1. The smallest absolute Gasteiger partial charge is 0.209 e. The van der Waals surface area contributed by atoms with Crippen molar-refractivity contribution in [1.82, 2.24) is 20.2 Å². The van der Waals surface area contributed by atoms with Crippen molar-refractivity contribution in [2.24, 2.45) is 0 Å². The fraction of sp³-hybridized carbons (Fsp3) is 0.650. The molecule has 1 aromatic carbocycles. The highest BCUT2D eigenvalue weighted by Gasteiger charge is 2.34. The molecule has 2 heterocycles. The van der Waals surface area contributed by atoms with Crippen molar-refractivity contribution in [2.45, 2.75) is 59.5 Å². The molecule has 1 saturated heterocycles. The molecule has 0 amide bonds. The van der Waals surface area contributed by atoms with Crippen LogP contribution in [-0.2, 0) is 5.54 Å². The highest BCUT2D eigenvalue weighted by molar-refractivity contribution is 5.56. The Morgan fingerprint density at radius 2 is 1.85 bits per heavy atom. The van der Waals surface area contributed by atoms with Crippen LogP contribution in [0.2, 0.25) is 0 Å². The van der Waals surface area contributed by atoms with E-state index >= 15 is 0 Å². The first-order valence-corrected chi connectivity index (χ1v) is 9.77. The topological polar surface area (TPSA) is 51.3 Å². The summed E-state index contributed by atoms with van der Waals surface area (Å²) in [5, 5.41) is 12.6. The number of aromatic nitrogens is 4. The molecule has 0 bridgehead atoms. The van der Waals surface area contributed by atoms with Crippen molar-refractivity contribution in [3.05, 3.63) is 35.2 Å². The van der Waals surface area contributed by atoms with E-state index in [1.54, 1.807) is 4.90 Å². The average molecular weight is 358 g/mol. The van der Waals surface area contributed by atoms with Gasteiger partial charge in [-0.3, -0.25) is 0 Å². The molecular formula is C20H33N6+. The summed E-state index contributed by atoms with van der Waals surface area (Å²) in [6, 6.07) is 6.97. The van der Waals surface area contributed by atoms with Crippen molar-refractivity contribution in [1.29, 1.82) is 0 Å². The van der Waals surface area contributed by atoms with Gasteiger partial charge in [0.2, 0.25) is 5.82 Å². The molecule has 0 unspecified atom stereocenters. The van der Waals surface area contributed by atoms with Crippen molar-refractivity contribution < 1.29 is 4.90 Å². The number of hydrogen-bond donors (Lipinski definition) is 1. The molecule has 1 aliphatic rings. The van der Waals surface area contributed by atoms with Crippen LogP contribution in [0.25, 0.3) is 0 Å². The fourth-order valence-corrected chi connectivity index (χ4v) is 4.00. The van der Waals surface area contributed by atoms with Crippen molar-refractivity contribution in [3.8, 4) is 0 Å². The van der Waals surface area contributed by atoms with E-state index in [0.29, 0.717) is 6.04 Å². The Hall–Kier alpha value is -1.95. The third-order valence-electron chi connectivity index (χ3n) is 5.66. The Morgan fingerprint density at radius 3 is 2.46 bits per heavy atom. The Balaban J connectivity index is 1.74. The standard InChI is InChI=1S/C20H32N6/c1-7-17(19-21-22-23-26(19)20(4,5)6)24-11-13-25(14-12-24)18-10-8-9-15(2)16(18)3/h8-10,17H,7,11-14H2,1-6H3/p+1/t17-/m0/s1. The van der Waals surface area contributed by atoms with Gasteiger partial charge in [-0.25, -0.2) is 4.68 Å². The van der Waals surface area contributed by atoms with E-state index in [9.17, 15) is 0 Å². The van der Waals surface area contributed by atoms with E-state index in [-0.39, 0.29) is 5.54 Å². The van der Waals surface area contributed by atoms with E-state index in [4.69, 9.17) is 0 Å². The van der Waals surface area contributed by atoms with Crippen molar-refractivity contribution in [2.75, 3.05) is 31.1 Å². The summed E-state index contributed by atoms with van der Waals surface area (Å²) in [7, 11) is 0. The predicted molar refractivity (Wildman–Crippen MR) is 105 cm³/mol. The highest BCUT2D eigenvalue weighted by atomic mass is 15.6. The Morgan fingerprint density at radius 1 is 1.15 bits per heavy atom. The summed E-state index contributed by atoms with van der Waals surface area (Å²) in [6.45, 7) is 17.5. The SMILES string of the molecule is CC[C@@H](c1nnnn1C(C)(C)C)[NH+]1CCN(c2cccc(C)c2C)CC1. The lowest BCUT2D eigenvalue weighted by atomic mass is 10.1. The van der Waals surface area contributed by atoms with Gasteiger partial charge in [0.05, 0.1) is 31.7 Å². The van der Waals surface area contributed by atoms with Gasteiger partial charge in [0, 0.05) is 12.1 Å². The van der Waals surface area contributed by atoms with Gasteiger partial charge in [-0.1, -0.05) is 19.1 Å². The molecule has 0 saturated carbocycles. The molecule has 1 aliphatic heterocycles. The predicted octanol–water partition coefficient (Wildman–Crippen LogP) is 1.90. The molecule has 3 rings (SSSR count). The Bertz CT molecular complexity index is 737. The van der Waals surface area contributed by atoms with Crippen LogP contribution in [0.1, 0.15) is 57.1 Å². The van der Waals surface area contributed by atoms with E-state index in [1.165, 1.54) is 16.8 Å². The quantitative estimate of drug-likeness (QED) is 0.908. The van der Waals surface area contributed by atoms with Crippen molar-refractivity contribution >= 4 is 5.69 Å². The molecule has 1 N–H and O–H groups in total. The van der Waals surface area contributed by atoms with Gasteiger partial charge in [-0.15, -0.1) is 5.10 Å². The lowest BCUT2D eigenvalue weighted by Crippen LogP contribution is -3.15. The normalized spacial score (nSPS) is 17.5. The first-order chi connectivity index (χ1) is 12.3. The number of anilines is 1. The van der Waals surface area contributed by atoms with E-state index in [2.05, 4.69) is 80.2 Å². The summed E-state index contributed by atoms with van der Waals surface area (Å²) >= 11 is 0. The van der Waals surface area contributed by atoms with Crippen LogP contribution in [-0.4, -0.2) is 46.4 Å². The van der Waals surface area contributed by atoms with Gasteiger partial charge in [0.25, 0.3) is 0 Å². The van der Waals surface area contributed by atoms with Gasteiger partial charge in [0.15, 0.2) is 0 Å².